The molecule has 9 nitrogen and oxygen atoms in total. The third kappa shape index (κ3) is 5.47. The number of rotatable bonds is 9. The summed E-state index contributed by atoms with van der Waals surface area (Å²) in [5.41, 5.74) is 7.57. The lowest BCUT2D eigenvalue weighted by molar-refractivity contribution is -0.143. The van der Waals surface area contributed by atoms with Gasteiger partial charge in [0.1, 0.15) is 11.5 Å². The number of carbonyl (C=O) groups excluding carboxylic acids is 3. The normalized spacial score (nSPS) is 21.0. The summed E-state index contributed by atoms with van der Waals surface area (Å²) in [6.45, 7) is 2.44. The first-order valence-electron chi connectivity index (χ1n) is 12.2. The quantitative estimate of drug-likeness (QED) is 0.549. The number of hydrogen-bond acceptors (Lipinski definition) is 6. The first-order valence-corrected chi connectivity index (χ1v) is 12.2. The van der Waals surface area contributed by atoms with Crippen LogP contribution in [0.5, 0.6) is 0 Å². The van der Waals surface area contributed by atoms with Crippen molar-refractivity contribution < 1.29 is 19.1 Å². The highest BCUT2D eigenvalue weighted by atomic mass is 16.5. The fraction of sp³-hybridized carbons (Fsp3) is 0.407. The zero-order chi connectivity index (χ0) is 25.7. The molecule has 9 heteroatoms. The highest BCUT2D eigenvalue weighted by molar-refractivity contribution is 6.13. The molecule has 2 aliphatic rings. The van der Waals surface area contributed by atoms with Crippen molar-refractivity contribution in [2.75, 3.05) is 26.7 Å². The van der Waals surface area contributed by atoms with Gasteiger partial charge in [0.15, 0.2) is 0 Å². The fourth-order valence-electron chi connectivity index (χ4n) is 4.78. The number of likely N-dealkylation sites (tertiary alicyclic amines) is 1. The van der Waals surface area contributed by atoms with Gasteiger partial charge in [0.05, 0.1) is 25.0 Å². The van der Waals surface area contributed by atoms with E-state index < -0.39 is 23.4 Å². The maximum atomic E-state index is 13.7. The molecule has 3 amide bonds. The van der Waals surface area contributed by atoms with E-state index in [0.717, 1.165) is 16.8 Å². The highest BCUT2D eigenvalue weighted by Gasteiger charge is 2.53. The Morgan fingerprint density at radius 1 is 1.11 bits per heavy atom. The molecule has 3 N–H and O–H groups in total. The lowest BCUT2D eigenvalue weighted by Gasteiger charge is -2.40. The van der Waals surface area contributed by atoms with Crippen molar-refractivity contribution in [2.45, 2.75) is 38.5 Å². The molecule has 2 heterocycles. The van der Waals surface area contributed by atoms with Gasteiger partial charge in [-0.25, -0.2) is 5.01 Å². The van der Waals surface area contributed by atoms with Crippen LogP contribution in [0.4, 0.5) is 0 Å². The van der Waals surface area contributed by atoms with Crippen LogP contribution in [0.3, 0.4) is 0 Å². The number of hydrogen-bond donors (Lipinski definition) is 2. The molecule has 4 rings (SSSR count). The Morgan fingerprint density at radius 2 is 1.75 bits per heavy atom. The Balaban J connectivity index is 1.53. The molecule has 0 aliphatic carbocycles. The number of hydrazone groups is 1. The Labute approximate surface area is 211 Å². The summed E-state index contributed by atoms with van der Waals surface area (Å²) >= 11 is 0. The molecule has 0 spiro atoms. The van der Waals surface area contributed by atoms with Crippen molar-refractivity contribution in [3.8, 4) is 0 Å². The fourth-order valence-corrected chi connectivity index (χ4v) is 4.78. The van der Waals surface area contributed by atoms with E-state index in [0.29, 0.717) is 26.0 Å². The van der Waals surface area contributed by atoms with Crippen molar-refractivity contribution in [3.05, 3.63) is 71.8 Å². The maximum absolute atomic E-state index is 13.7. The summed E-state index contributed by atoms with van der Waals surface area (Å²) in [5.74, 6) is -0.868. The lowest BCUT2D eigenvalue weighted by atomic mass is 9.73. The van der Waals surface area contributed by atoms with Crippen LogP contribution in [0.25, 0.3) is 0 Å². The van der Waals surface area contributed by atoms with Crippen LogP contribution in [0.2, 0.25) is 0 Å². The summed E-state index contributed by atoms with van der Waals surface area (Å²) in [6.07, 6.45) is 0.925. The SMILES string of the molecule is CC(N)C(=O)NC(COCc1ccccc1)C(=O)N1CCC2=NN(C)C(=O)C2(Cc2ccccc2)C1. The van der Waals surface area contributed by atoms with E-state index in [2.05, 4.69) is 10.4 Å². The molecule has 3 atom stereocenters. The minimum Gasteiger partial charge on any atom is -0.374 e. The van der Waals surface area contributed by atoms with Crippen LogP contribution < -0.4 is 11.1 Å². The van der Waals surface area contributed by atoms with Crippen LogP contribution in [0.1, 0.15) is 24.5 Å². The van der Waals surface area contributed by atoms with Gasteiger partial charge in [-0.1, -0.05) is 60.7 Å². The van der Waals surface area contributed by atoms with Gasteiger partial charge in [-0.2, -0.15) is 5.10 Å². The Kier molecular flexibility index (Phi) is 7.81. The lowest BCUT2D eigenvalue weighted by Crippen LogP contribution is -2.60. The summed E-state index contributed by atoms with van der Waals surface area (Å²) in [6, 6.07) is 17.6. The summed E-state index contributed by atoms with van der Waals surface area (Å²) < 4.78 is 5.82. The molecule has 190 valence electrons. The van der Waals surface area contributed by atoms with E-state index in [1.807, 2.05) is 60.7 Å². The molecule has 1 saturated heterocycles. The summed E-state index contributed by atoms with van der Waals surface area (Å²) in [5, 5.41) is 8.62. The van der Waals surface area contributed by atoms with Gasteiger partial charge in [-0.05, 0) is 24.5 Å². The van der Waals surface area contributed by atoms with Gasteiger partial charge in [0.2, 0.25) is 11.8 Å². The van der Waals surface area contributed by atoms with Crippen molar-refractivity contribution in [1.82, 2.24) is 15.2 Å². The minimum atomic E-state index is -0.926. The molecule has 2 aromatic rings. The van der Waals surface area contributed by atoms with E-state index in [9.17, 15) is 14.4 Å². The molecular formula is C27H33N5O4. The average Bonchev–Trinajstić information content (AvgIpc) is 3.13. The van der Waals surface area contributed by atoms with Crippen LogP contribution in [0, 0.1) is 5.41 Å². The molecule has 1 fully saturated rings. The minimum absolute atomic E-state index is 0.0107. The van der Waals surface area contributed by atoms with E-state index in [1.165, 1.54) is 5.01 Å². The van der Waals surface area contributed by atoms with Gasteiger partial charge in [-0.15, -0.1) is 0 Å². The van der Waals surface area contributed by atoms with Gasteiger partial charge in [0.25, 0.3) is 5.91 Å². The number of nitrogens with one attached hydrogen (secondary N) is 1. The second-order valence-corrected chi connectivity index (χ2v) is 9.48. The number of fused-ring (bicyclic) bond motifs is 1. The third-order valence-electron chi connectivity index (χ3n) is 6.69. The number of amides is 3. The van der Waals surface area contributed by atoms with Crippen molar-refractivity contribution in [1.29, 1.82) is 0 Å². The summed E-state index contributed by atoms with van der Waals surface area (Å²) in [7, 11) is 1.65. The molecule has 3 unspecified atom stereocenters. The Hall–Kier alpha value is -3.56. The van der Waals surface area contributed by atoms with Crippen LogP contribution in [-0.2, 0) is 32.1 Å². The largest absolute Gasteiger partial charge is 0.374 e. The van der Waals surface area contributed by atoms with Gasteiger partial charge in [-0.3, -0.25) is 14.4 Å². The molecule has 2 aromatic carbocycles. The van der Waals surface area contributed by atoms with E-state index >= 15 is 0 Å². The molecule has 36 heavy (non-hydrogen) atoms. The van der Waals surface area contributed by atoms with Gasteiger partial charge >= 0.3 is 0 Å². The van der Waals surface area contributed by atoms with Crippen LogP contribution in [-0.4, -0.2) is 72.2 Å². The topological polar surface area (TPSA) is 117 Å². The van der Waals surface area contributed by atoms with Crippen LogP contribution >= 0.6 is 0 Å². The predicted octanol–water partition coefficient (Wildman–Crippen LogP) is 1.32. The number of nitrogens with zero attached hydrogens (tertiary/aromatic N) is 3. The summed E-state index contributed by atoms with van der Waals surface area (Å²) in [4.78, 5) is 41.1. The molecule has 0 radical (unpaired) electrons. The number of benzene rings is 2. The molecule has 2 aliphatic heterocycles. The number of piperidine rings is 1. The monoisotopic (exact) mass is 491 g/mol. The van der Waals surface area contributed by atoms with Crippen molar-refractivity contribution in [3.63, 3.8) is 0 Å². The number of carbonyl (C=O) groups is 3. The Bertz CT molecular complexity index is 1120. The maximum Gasteiger partial charge on any atom is 0.256 e. The molecule has 0 saturated carbocycles. The molecular weight excluding hydrogens is 458 g/mol. The van der Waals surface area contributed by atoms with Crippen LogP contribution in [0.15, 0.2) is 65.8 Å². The Morgan fingerprint density at radius 3 is 2.39 bits per heavy atom. The van der Waals surface area contributed by atoms with Crippen molar-refractivity contribution >= 4 is 23.4 Å². The van der Waals surface area contributed by atoms with Gasteiger partial charge < -0.3 is 20.7 Å². The first-order chi connectivity index (χ1) is 17.3. The zero-order valence-corrected chi connectivity index (χ0v) is 20.7. The van der Waals surface area contributed by atoms with E-state index in [4.69, 9.17) is 10.5 Å². The highest BCUT2D eigenvalue weighted by Crippen LogP contribution is 2.38. The second-order valence-electron chi connectivity index (χ2n) is 9.48. The third-order valence-corrected chi connectivity index (χ3v) is 6.69. The predicted molar refractivity (Wildman–Crippen MR) is 136 cm³/mol. The van der Waals surface area contributed by atoms with E-state index in [1.54, 1.807) is 18.9 Å². The zero-order valence-electron chi connectivity index (χ0n) is 20.7. The standard InChI is InChI=1S/C27H33N5O4/c1-19(28)24(33)29-22(17-36-16-21-11-7-4-8-12-21)25(34)32-14-13-23-27(18-32,26(35)31(2)30-23)15-20-9-5-3-6-10-20/h3-12,19,22H,13-18,28H2,1-2H3,(H,29,33). The first kappa shape index (κ1) is 25.5. The van der Waals surface area contributed by atoms with Gasteiger partial charge in [0, 0.05) is 26.6 Å². The van der Waals surface area contributed by atoms with Crippen molar-refractivity contribution in [2.24, 2.45) is 16.3 Å². The molecule has 0 bridgehead atoms. The number of ether oxygens (including phenoxy) is 1. The molecule has 0 aromatic heterocycles. The second kappa shape index (κ2) is 11.0. The average molecular weight is 492 g/mol. The van der Waals surface area contributed by atoms with E-state index in [-0.39, 0.29) is 25.0 Å². The number of nitrogens with two attached hydrogens (primary N) is 1. The smallest absolute Gasteiger partial charge is 0.256 e.